The molecule has 0 unspecified atom stereocenters. The third-order valence-electron chi connectivity index (χ3n) is 9.94. The summed E-state index contributed by atoms with van der Waals surface area (Å²) in [5, 5.41) is 9.59. The maximum absolute atomic E-state index is 12.2. The number of ether oxygens (including phenoxy) is 2. The quantitative estimate of drug-likeness (QED) is 0.0385. The molecule has 5 nitrogen and oxygen atoms in total. The minimum atomic E-state index is -0.778. The average Bonchev–Trinajstić information content (AvgIpc) is 3.15. The van der Waals surface area contributed by atoms with Crippen LogP contribution in [0.15, 0.2) is 36.5 Å². The summed E-state index contributed by atoms with van der Waals surface area (Å²) in [6.07, 6.45) is 53.6. The highest BCUT2D eigenvalue weighted by atomic mass is 16.6. The third kappa shape index (κ3) is 40.9. The van der Waals surface area contributed by atoms with Gasteiger partial charge in [-0.1, -0.05) is 204 Å². The largest absolute Gasteiger partial charge is 0.462 e. The van der Waals surface area contributed by atoms with Crippen molar-refractivity contribution in [3.63, 3.8) is 0 Å². The summed E-state index contributed by atoms with van der Waals surface area (Å²) in [6.45, 7) is 4.11. The van der Waals surface area contributed by atoms with Crippen LogP contribution in [0.4, 0.5) is 0 Å². The first-order chi connectivity index (χ1) is 25.6. The summed E-state index contributed by atoms with van der Waals surface area (Å²) in [6, 6.07) is 0. The van der Waals surface area contributed by atoms with Gasteiger partial charge in [0.1, 0.15) is 6.61 Å². The summed E-state index contributed by atoms with van der Waals surface area (Å²) in [5.74, 6) is -0.607. The summed E-state index contributed by atoms with van der Waals surface area (Å²) >= 11 is 0. The molecule has 0 aromatic rings. The molecule has 0 saturated carbocycles. The highest BCUT2D eigenvalue weighted by molar-refractivity contribution is 5.70. The van der Waals surface area contributed by atoms with E-state index >= 15 is 0 Å². The lowest BCUT2D eigenvalue weighted by molar-refractivity contribution is -0.161. The van der Waals surface area contributed by atoms with Gasteiger partial charge < -0.3 is 14.6 Å². The Balaban J connectivity index is 3.53. The summed E-state index contributed by atoms with van der Waals surface area (Å²) in [4.78, 5) is 24.3. The molecule has 0 radical (unpaired) electrons. The smallest absolute Gasteiger partial charge is 0.306 e. The molecule has 0 aliphatic carbocycles. The fraction of sp³-hybridized carbons (Fsp3) is 0.830. The SMILES string of the molecule is CCCCCC=CCC=CCC=CCCCCCCC(=O)OC[C@H](CO)OC(=O)CCCCCCCCCCCCCCCCCCCCCCC. The first-order valence-electron chi connectivity index (χ1n) is 22.5. The number of unbranched alkanes of at least 4 members (excludes halogenated alkanes) is 27. The van der Waals surface area contributed by atoms with Gasteiger partial charge in [0, 0.05) is 12.8 Å². The molecule has 0 bridgehead atoms. The van der Waals surface area contributed by atoms with Gasteiger partial charge in [-0.15, -0.1) is 0 Å². The molecule has 1 N–H and O–H groups in total. The van der Waals surface area contributed by atoms with Gasteiger partial charge in [0.2, 0.25) is 0 Å². The van der Waals surface area contributed by atoms with Crippen molar-refractivity contribution in [2.75, 3.05) is 13.2 Å². The second-order valence-electron chi connectivity index (χ2n) is 15.1. The Labute approximate surface area is 323 Å². The molecule has 0 aliphatic heterocycles. The van der Waals surface area contributed by atoms with Gasteiger partial charge in [0.05, 0.1) is 6.61 Å². The molecule has 0 spiro atoms. The van der Waals surface area contributed by atoms with Crippen molar-refractivity contribution in [3.8, 4) is 0 Å². The van der Waals surface area contributed by atoms with Gasteiger partial charge in [0.15, 0.2) is 6.10 Å². The van der Waals surface area contributed by atoms with Crippen LogP contribution in [0.1, 0.15) is 232 Å². The van der Waals surface area contributed by atoms with Crippen LogP contribution >= 0.6 is 0 Å². The zero-order valence-electron chi connectivity index (χ0n) is 34.6. The first kappa shape index (κ1) is 50.1. The molecule has 304 valence electrons. The van der Waals surface area contributed by atoms with Crippen molar-refractivity contribution >= 4 is 11.9 Å². The maximum Gasteiger partial charge on any atom is 0.306 e. The molecule has 0 saturated heterocycles. The van der Waals surface area contributed by atoms with E-state index in [9.17, 15) is 14.7 Å². The number of carbonyl (C=O) groups excluding carboxylic acids is 2. The molecule has 0 rings (SSSR count). The number of aliphatic hydroxyl groups excluding tert-OH is 1. The lowest BCUT2D eigenvalue weighted by atomic mass is 10.0. The number of carbonyl (C=O) groups is 2. The van der Waals surface area contributed by atoms with Crippen molar-refractivity contribution in [2.24, 2.45) is 0 Å². The zero-order valence-corrected chi connectivity index (χ0v) is 34.6. The van der Waals surface area contributed by atoms with Gasteiger partial charge in [0.25, 0.3) is 0 Å². The predicted octanol–water partition coefficient (Wildman–Crippen LogP) is 14.4. The van der Waals surface area contributed by atoms with E-state index in [2.05, 4.69) is 50.3 Å². The molecule has 5 heteroatoms. The van der Waals surface area contributed by atoms with Crippen LogP contribution in [0.5, 0.6) is 0 Å². The summed E-state index contributed by atoms with van der Waals surface area (Å²) in [7, 11) is 0. The monoisotopic (exact) mass is 731 g/mol. The Morgan fingerprint density at radius 1 is 0.442 bits per heavy atom. The van der Waals surface area contributed by atoms with Gasteiger partial charge in [-0.2, -0.15) is 0 Å². The lowest BCUT2D eigenvalue weighted by Crippen LogP contribution is -2.28. The van der Waals surface area contributed by atoms with Crippen molar-refractivity contribution in [3.05, 3.63) is 36.5 Å². The second-order valence-corrected chi connectivity index (χ2v) is 15.1. The Morgan fingerprint density at radius 3 is 1.19 bits per heavy atom. The standard InChI is InChI=1S/C47H86O5/c1-3-5-7-9-11-13-15-17-19-21-22-23-24-26-28-30-32-34-36-38-40-42-47(50)52-45(43-48)44-51-46(49)41-39-37-35-33-31-29-27-25-20-18-16-14-12-10-8-6-4-2/h12,14,18,20,27,29,45,48H,3-11,13,15-17,19,21-26,28,30-44H2,1-2H3/t45-/m0/s1. The van der Waals surface area contributed by atoms with Crippen LogP contribution < -0.4 is 0 Å². The number of hydrogen-bond acceptors (Lipinski definition) is 5. The molecular weight excluding hydrogens is 645 g/mol. The Bertz CT molecular complexity index is 832. The first-order valence-corrected chi connectivity index (χ1v) is 22.5. The van der Waals surface area contributed by atoms with E-state index < -0.39 is 6.10 Å². The van der Waals surface area contributed by atoms with E-state index in [1.807, 2.05) is 0 Å². The number of esters is 2. The molecule has 0 heterocycles. The van der Waals surface area contributed by atoms with Gasteiger partial charge in [-0.05, 0) is 51.4 Å². The molecule has 1 atom stereocenters. The Morgan fingerprint density at radius 2 is 0.769 bits per heavy atom. The van der Waals surface area contributed by atoms with Crippen molar-refractivity contribution in [1.29, 1.82) is 0 Å². The molecule has 52 heavy (non-hydrogen) atoms. The summed E-state index contributed by atoms with van der Waals surface area (Å²) < 4.78 is 10.6. The lowest BCUT2D eigenvalue weighted by Gasteiger charge is -2.15. The fourth-order valence-electron chi connectivity index (χ4n) is 6.50. The minimum Gasteiger partial charge on any atom is -0.462 e. The van der Waals surface area contributed by atoms with E-state index in [0.29, 0.717) is 12.8 Å². The van der Waals surface area contributed by atoms with E-state index in [-0.39, 0.29) is 25.2 Å². The topological polar surface area (TPSA) is 72.8 Å². The van der Waals surface area contributed by atoms with Gasteiger partial charge in [-0.25, -0.2) is 0 Å². The van der Waals surface area contributed by atoms with Crippen LogP contribution in [0.2, 0.25) is 0 Å². The van der Waals surface area contributed by atoms with Crippen molar-refractivity contribution in [2.45, 2.75) is 238 Å². The van der Waals surface area contributed by atoms with Crippen molar-refractivity contribution in [1.82, 2.24) is 0 Å². The molecule has 0 aliphatic rings. The van der Waals surface area contributed by atoms with Crippen LogP contribution in [0, 0.1) is 0 Å². The molecule has 0 aromatic carbocycles. The number of hydrogen-bond donors (Lipinski definition) is 1. The fourth-order valence-corrected chi connectivity index (χ4v) is 6.50. The highest BCUT2D eigenvalue weighted by Gasteiger charge is 2.16. The Hall–Kier alpha value is -1.88. The third-order valence-corrected chi connectivity index (χ3v) is 9.94. The van der Waals surface area contributed by atoms with Gasteiger partial charge >= 0.3 is 11.9 Å². The predicted molar refractivity (Wildman–Crippen MR) is 224 cm³/mol. The highest BCUT2D eigenvalue weighted by Crippen LogP contribution is 2.16. The number of aliphatic hydroxyl groups is 1. The molecular formula is C47H86O5. The van der Waals surface area contributed by atoms with E-state index in [1.54, 1.807) is 0 Å². The zero-order chi connectivity index (χ0) is 37.8. The number of allylic oxidation sites excluding steroid dienone is 6. The summed E-state index contributed by atoms with van der Waals surface area (Å²) in [5.41, 5.74) is 0. The average molecular weight is 731 g/mol. The van der Waals surface area contributed by atoms with Crippen molar-refractivity contribution < 1.29 is 24.2 Å². The van der Waals surface area contributed by atoms with Crippen LogP contribution in [0.25, 0.3) is 0 Å². The normalized spacial score (nSPS) is 12.4. The van der Waals surface area contributed by atoms with Crippen LogP contribution in [-0.2, 0) is 19.1 Å². The number of rotatable bonds is 41. The van der Waals surface area contributed by atoms with E-state index in [0.717, 1.165) is 64.2 Å². The van der Waals surface area contributed by atoms with E-state index in [1.165, 1.54) is 141 Å². The second kappa shape index (κ2) is 43.5. The van der Waals surface area contributed by atoms with E-state index in [4.69, 9.17) is 9.47 Å². The molecule has 0 amide bonds. The van der Waals surface area contributed by atoms with Crippen LogP contribution in [-0.4, -0.2) is 36.4 Å². The molecule has 0 aromatic heterocycles. The van der Waals surface area contributed by atoms with Crippen LogP contribution in [0.3, 0.4) is 0 Å². The maximum atomic E-state index is 12.2. The van der Waals surface area contributed by atoms with Gasteiger partial charge in [-0.3, -0.25) is 9.59 Å². The minimum absolute atomic E-state index is 0.0745. The molecule has 0 fully saturated rings. The Kier molecular flexibility index (Phi) is 42.0.